The standard InChI is InChI=1S/C22H23F2N5/c1-16-14-21(27-22(26-16)25-15-17-4-2-3-5-20(17)24)29-12-10-28(11-13-29)19-8-6-18(23)7-9-19/h2-9,14H,10-13,15H2,1H3,(H,25,26,27). The van der Waals surface area contributed by atoms with Crippen LogP contribution in [0.15, 0.2) is 54.6 Å². The molecule has 0 atom stereocenters. The molecule has 2 aromatic carbocycles. The molecule has 1 aliphatic heterocycles. The van der Waals surface area contributed by atoms with E-state index >= 15 is 0 Å². The van der Waals surface area contributed by atoms with Crippen molar-refractivity contribution < 1.29 is 8.78 Å². The van der Waals surface area contributed by atoms with Gasteiger partial charge in [-0.05, 0) is 37.3 Å². The van der Waals surface area contributed by atoms with E-state index in [-0.39, 0.29) is 11.6 Å². The average Bonchev–Trinajstić information content (AvgIpc) is 2.73. The van der Waals surface area contributed by atoms with Crippen LogP contribution in [0.5, 0.6) is 0 Å². The largest absolute Gasteiger partial charge is 0.368 e. The van der Waals surface area contributed by atoms with Gasteiger partial charge in [-0.25, -0.2) is 13.8 Å². The second-order valence-corrected chi connectivity index (χ2v) is 7.09. The molecular weight excluding hydrogens is 372 g/mol. The summed E-state index contributed by atoms with van der Waals surface area (Å²) in [6.45, 7) is 5.52. The Morgan fingerprint density at radius 3 is 2.31 bits per heavy atom. The number of rotatable bonds is 5. The molecule has 1 fully saturated rings. The average molecular weight is 395 g/mol. The first-order valence-corrected chi connectivity index (χ1v) is 9.67. The third-order valence-electron chi connectivity index (χ3n) is 5.03. The van der Waals surface area contributed by atoms with E-state index in [1.54, 1.807) is 12.1 Å². The third kappa shape index (κ3) is 4.62. The van der Waals surface area contributed by atoms with Crippen LogP contribution >= 0.6 is 0 Å². The predicted molar refractivity (Wildman–Crippen MR) is 111 cm³/mol. The summed E-state index contributed by atoms with van der Waals surface area (Å²) < 4.78 is 27.0. The van der Waals surface area contributed by atoms with Crippen LogP contribution in [0.4, 0.5) is 26.2 Å². The molecule has 4 rings (SSSR count). The Morgan fingerprint density at radius 1 is 0.897 bits per heavy atom. The molecule has 0 spiro atoms. The molecule has 0 amide bonds. The van der Waals surface area contributed by atoms with Crippen molar-refractivity contribution in [3.63, 3.8) is 0 Å². The molecule has 2 heterocycles. The van der Waals surface area contributed by atoms with Crippen LogP contribution < -0.4 is 15.1 Å². The first kappa shape index (κ1) is 19.1. The molecular formula is C22H23F2N5. The number of aromatic nitrogens is 2. The van der Waals surface area contributed by atoms with Crippen LogP contribution in [0, 0.1) is 18.6 Å². The summed E-state index contributed by atoms with van der Waals surface area (Å²) in [5.41, 5.74) is 2.45. The Bertz CT molecular complexity index is 969. The highest BCUT2D eigenvalue weighted by atomic mass is 19.1. The van der Waals surface area contributed by atoms with Gasteiger partial charge in [-0.3, -0.25) is 0 Å². The maximum absolute atomic E-state index is 13.8. The maximum atomic E-state index is 13.8. The Balaban J connectivity index is 1.41. The summed E-state index contributed by atoms with van der Waals surface area (Å²) in [4.78, 5) is 13.5. The van der Waals surface area contributed by atoms with Crippen LogP contribution in [0.25, 0.3) is 0 Å². The second-order valence-electron chi connectivity index (χ2n) is 7.09. The zero-order valence-corrected chi connectivity index (χ0v) is 16.3. The molecule has 1 aromatic heterocycles. The summed E-state index contributed by atoms with van der Waals surface area (Å²) >= 11 is 0. The van der Waals surface area contributed by atoms with Gasteiger partial charge in [0.1, 0.15) is 17.5 Å². The molecule has 1 saturated heterocycles. The van der Waals surface area contributed by atoms with Gasteiger partial charge in [0.2, 0.25) is 5.95 Å². The Kier molecular flexibility index (Phi) is 5.55. The summed E-state index contributed by atoms with van der Waals surface area (Å²) in [6.07, 6.45) is 0. The van der Waals surface area contributed by atoms with Crippen LogP contribution in [0.2, 0.25) is 0 Å². The van der Waals surface area contributed by atoms with E-state index in [1.807, 2.05) is 31.2 Å². The van der Waals surface area contributed by atoms with E-state index in [0.29, 0.717) is 18.1 Å². The minimum atomic E-state index is -0.246. The van der Waals surface area contributed by atoms with Crippen molar-refractivity contribution in [1.82, 2.24) is 9.97 Å². The fourth-order valence-electron chi connectivity index (χ4n) is 3.45. The highest BCUT2D eigenvalue weighted by molar-refractivity contribution is 5.51. The van der Waals surface area contributed by atoms with Crippen LogP contribution in [0.1, 0.15) is 11.3 Å². The lowest BCUT2D eigenvalue weighted by Crippen LogP contribution is -2.46. The van der Waals surface area contributed by atoms with Gasteiger partial charge in [-0.2, -0.15) is 4.98 Å². The summed E-state index contributed by atoms with van der Waals surface area (Å²) in [6, 6.07) is 15.2. The number of aryl methyl sites for hydroxylation is 1. The van der Waals surface area contributed by atoms with E-state index in [4.69, 9.17) is 0 Å². The van der Waals surface area contributed by atoms with Crippen molar-refractivity contribution in [1.29, 1.82) is 0 Å². The SMILES string of the molecule is Cc1cc(N2CCN(c3ccc(F)cc3)CC2)nc(NCc2ccccc2F)n1. The number of hydrogen-bond acceptors (Lipinski definition) is 5. The van der Waals surface area contributed by atoms with Gasteiger partial charge in [0.25, 0.3) is 0 Å². The first-order valence-electron chi connectivity index (χ1n) is 9.67. The zero-order valence-electron chi connectivity index (χ0n) is 16.3. The number of benzene rings is 2. The molecule has 0 radical (unpaired) electrons. The molecule has 0 aliphatic carbocycles. The van der Waals surface area contributed by atoms with Crippen LogP contribution in [-0.4, -0.2) is 36.1 Å². The van der Waals surface area contributed by atoms with Gasteiger partial charge < -0.3 is 15.1 Å². The zero-order chi connectivity index (χ0) is 20.2. The topological polar surface area (TPSA) is 44.3 Å². The van der Waals surface area contributed by atoms with Crippen LogP contribution in [-0.2, 0) is 6.54 Å². The van der Waals surface area contributed by atoms with Gasteiger partial charge in [0, 0.05) is 55.7 Å². The van der Waals surface area contributed by atoms with Gasteiger partial charge in [-0.1, -0.05) is 18.2 Å². The lowest BCUT2D eigenvalue weighted by Gasteiger charge is -2.36. The minimum absolute atomic E-state index is 0.223. The van der Waals surface area contributed by atoms with E-state index in [9.17, 15) is 8.78 Å². The fraction of sp³-hybridized carbons (Fsp3) is 0.273. The number of nitrogens with zero attached hydrogens (tertiary/aromatic N) is 4. The minimum Gasteiger partial charge on any atom is -0.368 e. The van der Waals surface area contributed by atoms with E-state index < -0.39 is 0 Å². The van der Waals surface area contributed by atoms with Gasteiger partial charge in [0.05, 0.1) is 0 Å². The van der Waals surface area contributed by atoms with Crippen molar-refractivity contribution in [3.05, 3.63) is 77.5 Å². The molecule has 1 N–H and O–H groups in total. The van der Waals surface area contributed by atoms with Gasteiger partial charge in [-0.15, -0.1) is 0 Å². The fourth-order valence-corrected chi connectivity index (χ4v) is 3.45. The van der Waals surface area contributed by atoms with Crippen molar-refractivity contribution in [2.75, 3.05) is 41.3 Å². The Labute approximate surface area is 169 Å². The lowest BCUT2D eigenvalue weighted by molar-refractivity contribution is 0.612. The number of anilines is 3. The van der Waals surface area contributed by atoms with Crippen molar-refractivity contribution >= 4 is 17.5 Å². The summed E-state index contributed by atoms with van der Waals surface area (Å²) in [5.74, 6) is 0.876. The maximum Gasteiger partial charge on any atom is 0.225 e. The smallest absolute Gasteiger partial charge is 0.225 e. The molecule has 5 nitrogen and oxygen atoms in total. The first-order chi connectivity index (χ1) is 14.1. The second kappa shape index (κ2) is 8.43. The van der Waals surface area contributed by atoms with Crippen LogP contribution in [0.3, 0.4) is 0 Å². The summed E-state index contributed by atoms with van der Waals surface area (Å²) in [5, 5.41) is 3.13. The Morgan fingerprint density at radius 2 is 1.59 bits per heavy atom. The molecule has 150 valence electrons. The molecule has 7 heteroatoms. The van der Waals surface area contributed by atoms with E-state index in [2.05, 4.69) is 25.1 Å². The normalized spacial score (nSPS) is 14.2. The molecule has 1 aliphatic rings. The molecule has 0 saturated carbocycles. The number of piperazine rings is 1. The lowest BCUT2D eigenvalue weighted by atomic mass is 10.2. The summed E-state index contributed by atoms with van der Waals surface area (Å²) in [7, 11) is 0. The monoisotopic (exact) mass is 395 g/mol. The highest BCUT2D eigenvalue weighted by Gasteiger charge is 2.19. The Hall–Kier alpha value is -3.22. The molecule has 29 heavy (non-hydrogen) atoms. The third-order valence-corrected chi connectivity index (χ3v) is 5.03. The molecule has 3 aromatic rings. The number of halogens is 2. The predicted octanol–water partition coefficient (Wildman–Crippen LogP) is 4.00. The van der Waals surface area contributed by atoms with E-state index in [1.165, 1.54) is 18.2 Å². The number of nitrogens with one attached hydrogen (secondary N) is 1. The quantitative estimate of drug-likeness (QED) is 0.707. The highest BCUT2D eigenvalue weighted by Crippen LogP contribution is 2.21. The van der Waals surface area contributed by atoms with Crippen molar-refractivity contribution in [2.45, 2.75) is 13.5 Å². The van der Waals surface area contributed by atoms with Crippen molar-refractivity contribution in [3.8, 4) is 0 Å². The van der Waals surface area contributed by atoms with Gasteiger partial charge >= 0.3 is 0 Å². The number of hydrogen-bond donors (Lipinski definition) is 1. The van der Waals surface area contributed by atoms with E-state index in [0.717, 1.165) is 43.4 Å². The van der Waals surface area contributed by atoms with Crippen molar-refractivity contribution in [2.24, 2.45) is 0 Å². The molecule has 0 unspecified atom stereocenters. The molecule has 0 bridgehead atoms. The van der Waals surface area contributed by atoms with Gasteiger partial charge in [0.15, 0.2) is 0 Å².